The van der Waals surface area contributed by atoms with Crippen LogP contribution in [-0.2, 0) is 6.54 Å². The summed E-state index contributed by atoms with van der Waals surface area (Å²) in [6.07, 6.45) is 8.42. The molecule has 1 saturated carbocycles. The molecule has 0 aliphatic heterocycles. The van der Waals surface area contributed by atoms with Gasteiger partial charge < -0.3 is 5.73 Å². The first kappa shape index (κ1) is 12.4. The Hall–Kier alpha value is -1.61. The molecule has 1 heterocycles. The molecule has 3 heteroatoms. The summed E-state index contributed by atoms with van der Waals surface area (Å²) in [6.45, 7) is 0.553. The molecule has 0 spiro atoms. The summed E-state index contributed by atoms with van der Waals surface area (Å²) in [7, 11) is 0. The van der Waals surface area contributed by atoms with E-state index < -0.39 is 0 Å². The van der Waals surface area contributed by atoms with E-state index in [1.54, 1.807) is 0 Å². The van der Waals surface area contributed by atoms with Gasteiger partial charge in [-0.3, -0.25) is 4.68 Å². The van der Waals surface area contributed by atoms with Crippen LogP contribution in [0.2, 0.25) is 0 Å². The highest BCUT2D eigenvalue weighted by Crippen LogP contribution is 2.33. The summed E-state index contributed by atoms with van der Waals surface area (Å²) in [6, 6.07) is 11.0. The Balaban J connectivity index is 2.03. The standard InChI is InChI=1S/C16H21N3/c17-11-14-12-18-19(15-9-5-2-6-10-15)16(14)13-7-3-1-4-8-13/h1,3-4,7-8,12,15H,2,5-6,9-11,17H2. The second-order valence-electron chi connectivity index (χ2n) is 5.32. The largest absolute Gasteiger partial charge is 0.326 e. The number of rotatable bonds is 3. The van der Waals surface area contributed by atoms with E-state index in [0.29, 0.717) is 12.6 Å². The van der Waals surface area contributed by atoms with Crippen LogP contribution in [0, 0.1) is 0 Å². The summed E-state index contributed by atoms with van der Waals surface area (Å²) >= 11 is 0. The van der Waals surface area contributed by atoms with Gasteiger partial charge in [-0.15, -0.1) is 0 Å². The number of benzene rings is 1. The van der Waals surface area contributed by atoms with Crippen molar-refractivity contribution in [2.75, 3.05) is 0 Å². The predicted molar refractivity (Wildman–Crippen MR) is 77.7 cm³/mol. The number of nitrogens with zero attached hydrogens (tertiary/aromatic N) is 2. The van der Waals surface area contributed by atoms with Crippen molar-refractivity contribution < 1.29 is 0 Å². The van der Waals surface area contributed by atoms with E-state index in [-0.39, 0.29) is 0 Å². The zero-order valence-electron chi connectivity index (χ0n) is 11.3. The lowest BCUT2D eigenvalue weighted by molar-refractivity contribution is 0.332. The van der Waals surface area contributed by atoms with Gasteiger partial charge in [0.1, 0.15) is 0 Å². The lowest BCUT2D eigenvalue weighted by Gasteiger charge is -2.24. The third-order valence-electron chi connectivity index (χ3n) is 4.06. The molecule has 0 bridgehead atoms. The third kappa shape index (κ3) is 2.43. The molecule has 1 aliphatic rings. The van der Waals surface area contributed by atoms with Crippen molar-refractivity contribution in [3.05, 3.63) is 42.1 Å². The lowest BCUT2D eigenvalue weighted by Crippen LogP contribution is -2.15. The van der Waals surface area contributed by atoms with Gasteiger partial charge >= 0.3 is 0 Å². The third-order valence-corrected chi connectivity index (χ3v) is 4.06. The van der Waals surface area contributed by atoms with Crippen LogP contribution in [0.4, 0.5) is 0 Å². The molecule has 0 saturated heterocycles. The van der Waals surface area contributed by atoms with Gasteiger partial charge in [0, 0.05) is 17.7 Å². The van der Waals surface area contributed by atoms with Gasteiger partial charge in [-0.1, -0.05) is 49.6 Å². The first-order valence-corrected chi connectivity index (χ1v) is 7.22. The van der Waals surface area contributed by atoms with Crippen molar-refractivity contribution in [2.45, 2.75) is 44.7 Å². The fourth-order valence-corrected chi connectivity index (χ4v) is 3.06. The van der Waals surface area contributed by atoms with Gasteiger partial charge in [-0.2, -0.15) is 5.10 Å². The maximum atomic E-state index is 5.88. The molecule has 1 aromatic heterocycles. The second-order valence-corrected chi connectivity index (χ2v) is 5.32. The molecule has 0 amide bonds. The highest BCUT2D eigenvalue weighted by atomic mass is 15.3. The minimum Gasteiger partial charge on any atom is -0.326 e. The normalized spacial score (nSPS) is 16.7. The van der Waals surface area contributed by atoms with Crippen LogP contribution in [0.15, 0.2) is 36.5 Å². The molecular formula is C16H21N3. The van der Waals surface area contributed by atoms with E-state index in [2.05, 4.69) is 34.0 Å². The van der Waals surface area contributed by atoms with Gasteiger partial charge in [0.15, 0.2) is 0 Å². The molecule has 2 aromatic rings. The number of aromatic nitrogens is 2. The monoisotopic (exact) mass is 255 g/mol. The van der Waals surface area contributed by atoms with Gasteiger partial charge in [0.25, 0.3) is 0 Å². The maximum absolute atomic E-state index is 5.88. The Kier molecular flexibility index (Phi) is 3.65. The van der Waals surface area contributed by atoms with Crippen LogP contribution in [0.25, 0.3) is 11.3 Å². The van der Waals surface area contributed by atoms with E-state index in [1.165, 1.54) is 43.4 Å². The Bertz CT molecular complexity index is 524. The lowest BCUT2D eigenvalue weighted by atomic mass is 9.95. The van der Waals surface area contributed by atoms with Gasteiger partial charge in [0.2, 0.25) is 0 Å². The van der Waals surface area contributed by atoms with Crippen LogP contribution in [0.3, 0.4) is 0 Å². The smallest absolute Gasteiger partial charge is 0.0730 e. The number of hydrogen-bond donors (Lipinski definition) is 1. The van der Waals surface area contributed by atoms with Crippen LogP contribution < -0.4 is 5.73 Å². The quantitative estimate of drug-likeness (QED) is 0.912. The summed E-state index contributed by atoms with van der Waals surface area (Å²) < 4.78 is 2.22. The van der Waals surface area contributed by atoms with Crippen LogP contribution in [0.1, 0.15) is 43.7 Å². The van der Waals surface area contributed by atoms with E-state index in [4.69, 9.17) is 5.73 Å². The maximum Gasteiger partial charge on any atom is 0.0730 e. The Morgan fingerprint density at radius 3 is 2.53 bits per heavy atom. The van der Waals surface area contributed by atoms with Crippen molar-refractivity contribution in [3.8, 4) is 11.3 Å². The molecule has 0 radical (unpaired) electrons. The number of hydrogen-bond acceptors (Lipinski definition) is 2. The highest BCUT2D eigenvalue weighted by Gasteiger charge is 2.21. The highest BCUT2D eigenvalue weighted by molar-refractivity contribution is 5.63. The van der Waals surface area contributed by atoms with Gasteiger partial charge in [0.05, 0.1) is 17.9 Å². The van der Waals surface area contributed by atoms with E-state index in [0.717, 1.165) is 5.56 Å². The summed E-state index contributed by atoms with van der Waals surface area (Å²) in [5, 5.41) is 4.62. The SMILES string of the molecule is NCc1cnn(C2CCCCC2)c1-c1ccccc1. The average molecular weight is 255 g/mol. The molecular weight excluding hydrogens is 234 g/mol. The fraction of sp³-hybridized carbons (Fsp3) is 0.438. The van der Waals surface area contributed by atoms with Crippen molar-refractivity contribution in [3.63, 3.8) is 0 Å². The van der Waals surface area contributed by atoms with Gasteiger partial charge in [-0.25, -0.2) is 0 Å². The van der Waals surface area contributed by atoms with Crippen molar-refractivity contribution in [1.29, 1.82) is 0 Å². The van der Waals surface area contributed by atoms with Crippen LogP contribution >= 0.6 is 0 Å². The van der Waals surface area contributed by atoms with Crippen molar-refractivity contribution in [1.82, 2.24) is 9.78 Å². The Labute approximate surface area is 114 Å². The summed E-state index contributed by atoms with van der Waals surface area (Å²) in [5.41, 5.74) is 9.47. The Morgan fingerprint density at radius 2 is 1.84 bits per heavy atom. The molecule has 1 fully saturated rings. The average Bonchev–Trinajstić information content (AvgIpc) is 2.93. The van der Waals surface area contributed by atoms with Crippen molar-refractivity contribution >= 4 is 0 Å². The minimum atomic E-state index is 0.546. The van der Waals surface area contributed by atoms with E-state index in [9.17, 15) is 0 Å². The zero-order chi connectivity index (χ0) is 13.1. The molecule has 1 aromatic carbocycles. The molecule has 3 nitrogen and oxygen atoms in total. The van der Waals surface area contributed by atoms with E-state index in [1.807, 2.05) is 12.3 Å². The molecule has 0 atom stereocenters. The molecule has 3 rings (SSSR count). The molecule has 1 aliphatic carbocycles. The summed E-state index contributed by atoms with van der Waals surface area (Å²) in [5.74, 6) is 0. The van der Waals surface area contributed by atoms with Crippen LogP contribution in [0.5, 0.6) is 0 Å². The van der Waals surface area contributed by atoms with Crippen molar-refractivity contribution in [2.24, 2.45) is 5.73 Å². The molecule has 19 heavy (non-hydrogen) atoms. The van der Waals surface area contributed by atoms with Crippen LogP contribution in [-0.4, -0.2) is 9.78 Å². The summed E-state index contributed by atoms with van der Waals surface area (Å²) in [4.78, 5) is 0. The van der Waals surface area contributed by atoms with Gasteiger partial charge in [-0.05, 0) is 12.8 Å². The molecule has 0 unspecified atom stereocenters. The molecule has 100 valence electrons. The van der Waals surface area contributed by atoms with E-state index >= 15 is 0 Å². The molecule has 2 N–H and O–H groups in total. The fourth-order valence-electron chi connectivity index (χ4n) is 3.06. The first-order chi connectivity index (χ1) is 9.40. The zero-order valence-corrected chi connectivity index (χ0v) is 11.3. The Morgan fingerprint density at radius 1 is 1.11 bits per heavy atom. The topological polar surface area (TPSA) is 43.8 Å². The number of nitrogens with two attached hydrogens (primary N) is 1. The predicted octanol–water partition coefficient (Wildman–Crippen LogP) is 3.51. The minimum absolute atomic E-state index is 0.546. The second kappa shape index (κ2) is 5.57. The first-order valence-electron chi connectivity index (χ1n) is 7.22.